The normalized spacial score (nSPS) is 12.2. The van der Waals surface area contributed by atoms with Crippen LogP contribution < -0.4 is 10.6 Å². The van der Waals surface area contributed by atoms with E-state index in [1.165, 1.54) is 24.1 Å². The highest BCUT2D eigenvalue weighted by Gasteiger charge is 2.17. The number of nitrogens with two attached hydrogens (primary N) is 1. The maximum absolute atomic E-state index is 5.88. The lowest BCUT2D eigenvalue weighted by molar-refractivity contribution is 0.595. The summed E-state index contributed by atoms with van der Waals surface area (Å²) in [6.45, 7) is 9.88. The summed E-state index contributed by atoms with van der Waals surface area (Å²) >= 11 is 5.20. The van der Waals surface area contributed by atoms with Crippen LogP contribution in [0.3, 0.4) is 0 Å². The molecule has 1 aromatic rings. The molecule has 0 heterocycles. The summed E-state index contributed by atoms with van der Waals surface area (Å²) in [4.78, 5) is 2.94. The highest BCUT2D eigenvalue weighted by molar-refractivity contribution is 7.80. The molecule has 106 valence electrons. The first-order chi connectivity index (χ1) is 9.01. The van der Waals surface area contributed by atoms with Crippen molar-refractivity contribution in [2.45, 2.75) is 53.0 Å². The molecule has 0 aliphatic rings. The first-order valence-electron chi connectivity index (χ1n) is 7.18. The topological polar surface area (TPSA) is 29.3 Å². The molecule has 1 atom stereocenters. The Bertz CT molecular complexity index is 429. The number of nitrogens with zero attached hydrogens (tertiary/aromatic N) is 1. The van der Waals surface area contributed by atoms with Gasteiger partial charge < -0.3 is 10.6 Å². The third-order valence-electron chi connectivity index (χ3n) is 3.60. The third-order valence-corrected chi connectivity index (χ3v) is 3.82. The van der Waals surface area contributed by atoms with Gasteiger partial charge in [0.2, 0.25) is 0 Å². The van der Waals surface area contributed by atoms with Gasteiger partial charge in [-0.3, -0.25) is 0 Å². The number of thiocarbonyl (C=S) groups is 1. The molecule has 0 aromatic heterocycles. The Morgan fingerprint density at radius 2 is 2.05 bits per heavy atom. The summed E-state index contributed by atoms with van der Waals surface area (Å²) in [5, 5.41) is 0. The smallest absolute Gasteiger partial charge is 0.106 e. The van der Waals surface area contributed by atoms with Crippen LogP contribution in [0.5, 0.6) is 0 Å². The van der Waals surface area contributed by atoms with Crippen molar-refractivity contribution in [3.8, 4) is 0 Å². The van der Waals surface area contributed by atoms with E-state index < -0.39 is 0 Å². The molecule has 0 saturated carbocycles. The van der Waals surface area contributed by atoms with E-state index in [2.05, 4.69) is 44.7 Å². The van der Waals surface area contributed by atoms with Crippen LogP contribution in [0.4, 0.5) is 5.69 Å². The molecular formula is C16H26N2S. The van der Waals surface area contributed by atoms with Gasteiger partial charge in [0.1, 0.15) is 4.99 Å². The van der Waals surface area contributed by atoms with Crippen LogP contribution in [-0.4, -0.2) is 17.6 Å². The number of unbranched alkanes of at least 4 members (excludes halogenated alkanes) is 1. The van der Waals surface area contributed by atoms with E-state index in [0.29, 0.717) is 11.0 Å². The Morgan fingerprint density at radius 1 is 1.37 bits per heavy atom. The van der Waals surface area contributed by atoms with Gasteiger partial charge in [-0.05, 0) is 44.4 Å². The van der Waals surface area contributed by atoms with Crippen LogP contribution in [0, 0.1) is 6.92 Å². The molecule has 0 fully saturated rings. The van der Waals surface area contributed by atoms with Crippen molar-refractivity contribution < 1.29 is 0 Å². The number of aryl methyl sites for hydroxylation is 1. The van der Waals surface area contributed by atoms with Crippen LogP contribution in [0.15, 0.2) is 18.2 Å². The fourth-order valence-electron chi connectivity index (χ4n) is 2.21. The maximum atomic E-state index is 5.88. The van der Waals surface area contributed by atoms with Gasteiger partial charge in [-0.2, -0.15) is 0 Å². The van der Waals surface area contributed by atoms with Crippen molar-refractivity contribution in [1.29, 1.82) is 0 Å². The van der Waals surface area contributed by atoms with Gasteiger partial charge in [-0.25, -0.2) is 0 Å². The Hall–Kier alpha value is -1.09. The van der Waals surface area contributed by atoms with E-state index in [9.17, 15) is 0 Å². The van der Waals surface area contributed by atoms with Gasteiger partial charge in [0, 0.05) is 23.8 Å². The Labute approximate surface area is 123 Å². The summed E-state index contributed by atoms with van der Waals surface area (Å²) in [5.74, 6) is 0. The van der Waals surface area contributed by atoms with Gasteiger partial charge >= 0.3 is 0 Å². The van der Waals surface area contributed by atoms with E-state index in [4.69, 9.17) is 18.0 Å². The highest BCUT2D eigenvalue weighted by Crippen LogP contribution is 2.25. The van der Waals surface area contributed by atoms with E-state index in [1.54, 1.807) is 0 Å². The van der Waals surface area contributed by atoms with Gasteiger partial charge in [-0.1, -0.05) is 38.6 Å². The molecule has 0 aliphatic carbocycles. The second-order valence-electron chi connectivity index (χ2n) is 5.19. The third kappa shape index (κ3) is 4.20. The summed E-state index contributed by atoms with van der Waals surface area (Å²) in [5.41, 5.74) is 9.31. The second kappa shape index (κ2) is 7.49. The molecule has 2 nitrogen and oxygen atoms in total. The van der Waals surface area contributed by atoms with Crippen LogP contribution >= 0.6 is 12.2 Å². The summed E-state index contributed by atoms with van der Waals surface area (Å²) in [6.07, 6.45) is 3.50. The molecule has 3 heteroatoms. The standard InChI is InChI=1S/C16H26N2S/c1-5-7-10-18(13(4)6-2)15-11-12(3)8-9-14(15)16(17)19/h8-9,11,13H,5-7,10H2,1-4H3,(H2,17,19). The lowest BCUT2D eigenvalue weighted by atomic mass is 10.1. The van der Waals surface area contributed by atoms with Crippen LogP contribution in [0.1, 0.15) is 51.2 Å². The fraction of sp³-hybridized carbons (Fsp3) is 0.562. The minimum absolute atomic E-state index is 0.486. The molecule has 1 rings (SSSR count). The molecule has 0 amide bonds. The van der Waals surface area contributed by atoms with E-state index in [-0.39, 0.29) is 0 Å². The number of anilines is 1. The molecule has 2 N–H and O–H groups in total. The van der Waals surface area contributed by atoms with E-state index >= 15 is 0 Å². The fourth-order valence-corrected chi connectivity index (χ4v) is 2.39. The molecule has 19 heavy (non-hydrogen) atoms. The largest absolute Gasteiger partial charge is 0.389 e. The Kier molecular flexibility index (Phi) is 6.29. The first-order valence-corrected chi connectivity index (χ1v) is 7.59. The van der Waals surface area contributed by atoms with Crippen molar-refractivity contribution in [2.24, 2.45) is 5.73 Å². The lowest BCUT2D eigenvalue weighted by Gasteiger charge is -2.32. The molecule has 0 spiro atoms. The average molecular weight is 278 g/mol. The molecule has 0 saturated heterocycles. The predicted octanol–water partition coefficient (Wildman–Crippen LogP) is 4.03. The van der Waals surface area contributed by atoms with Crippen molar-refractivity contribution >= 4 is 22.9 Å². The minimum atomic E-state index is 0.486. The van der Waals surface area contributed by atoms with Crippen LogP contribution in [0.25, 0.3) is 0 Å². The van der Waals surface area contributed by atoms with Crippen molar-refractivity contribution in [3.63, 3.8) is 0 Å². The summed E-state index contributed by atoms with van der Waals surface area (Å²) in [6, 6.07) is 6.83. The highest BCUT2D eigenvalue weighted by atomic mass is 32.1. The zero-order valence-electron chi connectivity index (χ0n) is 12.6. The van der Waals surface area contributed by atoms with Crippen molar-refractivity contribution in [2.75, 3.05) is 11.4 Å². The average Bonchev–Trinajstić information content (AvgIpc) is 2.38. The summed E-state index contributed by atoms with van der Waals surface area (Å²) < 4.78 is 0. The van der Waals surface area contributed by atoms with E-state index in [0.717, 1.165) is 18.5 Å². The monoisotopic (exact) mass is 278 g/mol. The number of rotatable bonds is 7. The van der Waals surface area contributed by atoms with Crippen molar-refractivity contribution in [1.82, 2.24) is 0 Å². The lowest BCUT2D eigenvalue weighted by Crippen LogP contribution is -2.35. The van der Waals surface area contributed by atoms with Gasteiger partial charge in [-0.15, -0.1) is 0 Å². The van der Waals surface area contributed by atoms with Crippen LogP contribution in [-0.2, 0) is 0 Å². The van der Waals surface area contributed by atoms with Crippen LogP contribution in [0.2, 0.25) is 0 Å². The SMILES string of the molecule is CCCCN(c1cc(C)ccc1C(N)=S)C(C)CC. The Balaban J connectivity index is 3.19. The molecular weight excluding hydrogens is 252 g/mol. The van der Waals surface area contributed by atoms with E-state index in [1.807, 2.05) is 6.07 Å². The number of hydrogen-bond acceptors (Lipinski definition) is 2. The molecule has 0 aliphatic heterocycles. The number of hydrogen-bond donors (Lipinski definition) is 1. The first kappa shape index (κ1) is 16.0. The van der Waals surface area contributed by atoms with Gasteiger partial charge in [0.15, 0.2) is 0 Å². The van der Waals surface area contributed by atoms with Gasteiger partial charge in [0.25, 0.3) is 0 Å². The second-order valence-corrected chi connectivity index (χ2v) is 5.63. The molecule has 0 bridgehead atoms. The quantitative estimate of drug-likeness (QED) is 0.763. The molecule has 0 radical (unpaired) electrons. The van der Waals surface area contributed by atoms with Crippen molar-refractivity contribution in [3.05, 3.63) is 29.3 Å². The Morgan fingerprint density at radius 3 is 2.58 bits per heavy atom. The minimum Gasteiger partial charge on any atom is -0.389 e. The zero-order chi connectivity index (χ0) is 14.4. The molecule has 1 unspecified atom stereocenters. The predicted molar refractivity (Wildman–Crippen MR) is 89.1 cm³/mol. The maximum Gasteiger partial charge on any atom is 0.106 e. The summed E-state index contributed by atoms with van der Waals surface area (Å²) in [7, 11) is 0. The number of benzene rings is 1. The van der Waals surface area contributed by atoms with Gasteiger partial charge in [0.05, 0.1) is 0 Å². The molecule has 1 aromatic carbocycles. The zero-order valence-corrected chi connectivity index (χ0v) is 13.4.